The van der Waals surface area contributed by atoms with Crippen LogP contribution in [0.5, 0.6) is 0 Å². The number of hydrogen-bond acceptors (Lipinski definition) is 6. The first-order chi connectivity index (χ1) is 9.43. The molecular weight excluding hydrogens is 316 g/mol. The van der Waals surface area contributed by atoms with Crippen LogP contribution in [0.2, 0.25) is 0 Å². The smallest absolute Gasteiger partial charge is 0.267 e. The lowest BCUT2D eigenvalue weighted by Gasteiger charge is -2.21. The van der Waals surface area contributed by atoms with Crippen LogP contribution >= 0.6 is 24.2 Å². The first kappa shape index (κ1) is 15.4. The van der Waals surface area contributed by atoms with E-state index in [1.54, 1.807) is 12.1 Å². The van der Waals surface area contributed by atoms with E-state index < -0.39 is 15.9 Å². The third-order valence-electron chi connectivity index (χ3n) is 2.90. The minimum Gasteiger partial charge on any atom is -0.267 e. The van der Waals surface area contributed by atoms with E-state index in [0.29, 0.717) is 13.1 Å². The van der Waals surface area contributed by atoms with Crippen LogP contribution in [0.1, 0.15) is 24.2 Å². The highest BCUT2D eigenvalue weighted by Crippen LogP contribution is 2.33. The Morgan fingerprint density at radius 3 is 2.45 bits per heavy atom. The molecule has 0 radical (unpaired) electrons. The fraction of sp³-hybridized carbons (Fsp3) is 0.333. The third kappa shape index (κ3) is 2.48. The minimum absolute atomic E-state index is 0.0208. The van der Waals surface area contributed by atoms with Gasteiger partial charge in [0.05, 0.1) is 5.56 Å². The molecule has 2 rings (SSSR count). The number of nitrogens with zero attached hydrogens (tertiary/aromatic N) is 2. The molecule has 0 saturated heterocycles. The molecule has 0 fully saturated rings. The van der Waals surface area contributed by atoms with Crippen LogP contribution in [-0.4, -0.2) is 40.3 Å². The average molecular weight is 330 g/mol. The van der Waals surface area contributed by atoms with Gasteiger partial charge in [-0.15, -0.1) is 0 Å². The van der Waals surface area contributed by atoms with Crippen LogP contribution in [0.3, 0.4) is 0 Å². The number of benzene rings is 1. The summed E-state index contributed by atoms with van der Waals surface area (Å²) in [5, 5.41) is 0. The zero-order valence-corrected chi connectivity index (χ0v) is 13.5. The first-order valence-corrected chi connectivity index (χ1v) is 8.71. The van der Waals surface area contributed by atoms with Crippen molar-refractivity contribution in [3.8, 4) is 0 Å². The van der Waals surface area contributed by atoms with Crippen molar-refractivity contribution in [3.63, 3.8) is 0 Å². The highest BCUT2D eigenvalue weighted by molar-refractivity contribution is 8.22. The second-order valence-electron chi connectivity index (χ2n) is 4.04. The van der Waals surface area contributed by atoms with Crippen molar-refractivity contribution >= 4 is 44.4 Å². The van der Waals surface area contributed by atoms with Gasteiger partial charge in [0, 0.05) is 13.1 Å². The predicted molar refractivity (Wildman–Crippen MR) is 82.9 cm³/mol. The molecule has 108 valence electrons. The summed E-state index contributed by atoms with van der Waals surface area (Å²) in [7, 11) is -3.86. The van der Waals surface area contributed by atoms with Crippen LogP contribution in [0.4, 0.5) is 0 Å². The zero-order valence-electron chi connectivity index (χ0n) is 11.1. The average Bonchev–Trinajstić information content (AvgIpc) is 2.64. The van der Waals surface area contributed by atoms with Gasteiger partial charge < -0.3 is 0 Å². The van der Waals surface area contributed by atoms with Gasteiger partial charge in [0.15, 0.2) is 4.32 Å². The number of sulfonamides is 1. The highest BCUT2D eigenvalue weighted by Gasteiger charge is 2.43. The predicted octanol–water partition coefficient (Wildman–Crippen LogP) is 2.11. The van der Waals surface area contributed by atoms with Gasteiger partial charge >= 0.3 is 0 Å². The minimum atomic E-state index is -3.86. The van der Waals surface area contributed by atoms with Crippen LogP contribution in [0, 0.1) is 0 Å². The number of fused-ring (bicyclic) bond motifs is 1. The molecule has 1 heterocycles. The quantitative estimate of drug-likeness (QED) is 0.625. The molecule has 5 nitrogen and oxygen atoms in total. The SMILES string of the molecule is CCN(CC)SC(=S)N1C(=O)c2ccccc2S1(=O)=O. The maximum Gasteiger partial charge on any atom is 0.274 e. The highest BCUT2D eigenvalue weighted by atomic mass is 32.2. The van der Waals surface area contributed by atoms with E-state index in [2.05, 4.69) is 0 Å². The zero-order chi connectivity index (χ0) is 14.9. The molecule has 1 aliphatic heterocycles. The van der Waals surface area contributed by atoms with Crippen LogP contribution in [0.15, 0.2) is 29.2 Å². The summed E-state index contributed by atoms with van der Waals surface area (Å²) in [6.45, 7) is 5.29. The maximum absolute atomic E-state index is 12.4. The number of amides is 1. The van der Waals surface area contributed by atoms with Crippen molar-refractivity contribution in [2.75, 3.05) is 13.1 Å². The van der Waals surface area contributed by atoms with Crippen molar-refractivity contribution in [1.82, 2.24) is 8.61 Å². The normalized spacial score (nSPS) is 16.6. The van der Waals surface area contributed by atoms with Crippen LogP contribution < -0.4 is 0 Å². The number of hydrogen-bond donors (Lipinski definition) is 0. The lowest BCUT2D eigenvalue weighted by molar-refractivity contribution is 0.0923. The van der Waals surface area contributed by atoms with Crippen molar-refractivity contribution in [2.45, 2.75) is 18.7 Å². The monoisotopic (exact) mass is 330 g/mol. The first-order valence-electron chi connectivity index (χ1n) is 6.09. The van der Waals surface area contributed by atoms with Gasteiger partial charge in [0.25, 0.3) is 15.9 Å². The lowest BCUT2D eigenvalue weighted by atomic mass is 10.2. The van der Waals surface area contributed by atoms with Gasteiger partial charge in [-0.3, -0.25) is 4.79 Å². The van der Waals surface area contributed by atoms with Crippen LogP contribution in [0.25, 0.3) is 0 Å². The Kier molecular flexibility index (Phi) is 4.48. The van der Waals surface area contributed by atoms with E-state index in [1.165, 1.54) is 12.1 Å². The Morgan fingerprint density at radius 1 is 1.30 bits per heavy atom. The summed E-state index contributed by atoms with van der Waals surface area (Å²) in [6, 6.07) is 6.15. The van der Waals surface area contributed by atoms with E-state index in [9.17, 15) is 13.2 Å². The molecule has 0 saturated carbocycles. The molecule has 0 N–H and O–H groups in total. The van der Waals surface area contributed by atoms with E-state index in [0.717, 1.165) is 16.3 Å². The molecule has 0 aromatic heterocycles. The second-order valence-corrected chi connectivity index (χ2v) is 7.53. The molecule has 0 atom stereocenters. The number of thiocarbonyl (C=S) groups is 1. The maximum atomic E-state index is 12.4. The molecule has 0 bridgehead atoms. The molecule has 0 spiro atoms. The molecule has 0 aliphatic carbocycles. The van der Waals surface area contributed by atoms with Gasteiger partial charge in [-0.25, -0.2) is 12.7 Å². The number of rotatable bonds is 3. The van der Waals surface area contributed by atoms with Crippen LogP contribution in [-0.2, 0) is 10.0 Å². The van der Waals surface area contributed by atoms with E-state index in [1.807, 2.05) is 18.2 Å². The molecule has 1 amide bonds. The summed E-state index contributed by atoms with van der Waals surface area (Å²) >= 11 is 6.25. The molecular formula is C12H14N2O3S3. The molecule has 0 unspecified atom stereocenters. The second kappa shape index (κ2) is 5.80. The standard InChI is InChI=1S/C12H14N2O3S3/c1-3-13(4-2)19-12(18)14-11(15)9-7-5-6-8-10(9)20(14,16)17/h5-8H,3-4H2,1-2H3. The van der Waals surface area contributed by atoms with Gasteiger partial charge in [-0.1, -0.05) is 26.0 Å². The molecule has 8 heteroatoms. The van der Waals surface area contributed by atoms with Crippen molar-refractivity contribution in [3.05, 3.63) is 29.8 Å². The van der Waals surface area contributed by atoms with Gasteiger partial charge in [-0.05, 0) is 36.3 Å². The van der Waals surface area contributed by atoms with Crippen molar-refractivity contribution in [1.29, 1.82) is 0 Å². The summed E-state index contributed by atoms with van der Waals surface area (Å²) in [4.78, 5) is 12.3. The Bertz CT molecular complexity index is 654. The largest absolute Gasteiger partial charge is 0.274 e. The van der Waals surface area contributed by atoms with E-state index in [4.69, 9.17) is 12.2 Å². The summed E-state index contributed by atoms with van der Waals surface area (Å²) in [6.07, 6.45) is 0. The number of carbonyl (C=O) groups excluding carboxylic acids is 1. The van der Waals surface area contributed by atoms with E-state index in [-0.39, 0.29) is 14.8 Å². The van der Waals surface area contributed by atoms with Crippen molar-refractivity contribution in [2.24, 2.45) is 0 Å². The van der Waals surface area contributed by atoms with Gasteiger partial charge in [-0.2, -0.15) is 4.31 Å². The Labute approximate surface area is 128 Å². The summed E-state index contributed by atoms with van der Waals surface area (Å²) < 4.78 is 27.4. The Morgan fingerprint density at radius 2 is 1.90 bits per heavy atom. The fourth-order valence-electron chi connectivity index (χ4n) is 1.87. The molecule has 20 heavy (non-hydrogen) atoms. The van der Waals surface area contributed by atoms with Gasteiger partial charge in [0.2, 0.25) is 0 Å². The summed E-state index contributed by atoms with van der Waals surface area (Å²) in [5.74, 6) is -0.578. The summed E-state index contributed by atoms with van der Waals surface area (Å²) in [5.41, 5.74) is 0.176. The lowest BCUT2D eigenvalue weighted by Crippen LogP contribution is -2.35. The molecule has 1 aromatic rings. The topological polar surface area (TPSA) is 57.7 Å². The Hall–Kier alpha value is -0.960. The molecule has 1 aliphatic rings. The number of carbonyl (C=O) groups is 1. The third-order valence-corrected chi connectivity index (χ3v) is 6.39. The van der Waals surface area contributed by atoms with Crippen molar-refractivity contribution < 1.29 is 13.2 Å². The molecule has 1 aromatic carbocycles. The van der Waals surface area contributed by atoms with E-state index >= 15 is 0 Å². The fourth-order valence-corrected chi connectivity index (χ4v) is 4.98. The Balaban J connectivity index is 2.36. The van der Waals surface area contributed by atoms with Gasteiger partial charge in [0.1, 0.15) is 4.90 Å².